The van der Waals surface area contributed by atoms with Crippen molar-refractivity contribution in [3.63, 3.8) is 0 Å². The van der Waals surface area contributed by atoms with E-state index >= 15 is 0 Å². The van der Waals surface area contributed by atoms with Crippen LogP contribution < -0.4 is 5.32 Å². The molecule has 0 aliphatic rings. The van der Waals surface area contributed by atoms with Crippen molar-refractivity contribution in [1.29, 1.82) is 0 Å². The molecule has 25 heavy (non-hydrogen) atoms. The van der Waals surface area contributed by atoms with Gasteiger partial charge in [0.2, 0.25) is 0 Å². The maximum absolute atomic E-state index is 6.06. The fraction of sp³-hybridized carbons (Fsp3) is 0. The van der Waals surface area contributed by atoms with Crippen LogP contribution in [-0.4, -0.2) is 15.0 Å². The van der Waals surface area contributed by atoms with Gasteiger partial charge in [-0.3, -0.25) is 0 Å². The second-order valence-corrected chi connectivity index (χ2v) is 6.28. The lowest BCUT2D eigenvalue weighted by Crippen LogP contribution is -1.96. The summed E-state index contributed by atoms with van der Waals surface area (Å²) in [7, 11) is 0. The average Bonchev–Trinajstić information content (AvgIpc) is 2.62. The first-order valence-electron chi connectivity index (χ1n) is 7.58. The summed E-state index contributed by atoms with van der Waals surface area (Å²) in [4.78, 5) is 12.9. The Morgan fingerprint density at radius 1 is 0.800 bits per heavy atom. The smallest absolute Gasteiger partial charge is 0.141 e. The van der Waals surface area contributed by atoms with Gasteiger partial charge >= 0.3 is 0 Å². The predicted molar refractivity (Wildman–Crippen MR) is 103 cm³/mol. The van der Waals surface area contributed by atoms with Crippen LogP contribution in [0, 0.1) is 0 Å². The van der Waals surface area contributed by atoms with Gasteiger partial charge in [0, 0.05) is 27.9 Å². The largest absolute Gasteiger partial charge is 0.340 e. The number of anilines is 2. The Kier molecular flexibility index (Phi) is 4.22. The van der Waals surface area contributed by atoms with Crippen LogP contribution in [0.15, 0.2) is 67.1 Å². The topological polar surface area (TPSA) is 50.7 Å². The highest BCUT2D eigenvalue weighted by Crippen LogP contribution is 2.29. The molecule has 0 atom stereocenters. The molecule has 0 aliphatic carbocycles. The van der Waals surface area contributed by atoms with Crippen molar-refractivity contribution in [2.45, 2.75) is 0 Å². The van der Waals surface area contributed by atoms with Crippen LogP contribution in [-0.2, 0) is 0 Å². The van der Waals surface area contributed by atoms with Gasteiger partial charge in [-0.15, -0.1) is 0 Å². The van der Waals surface area contributed by atoms with Crippen molar-refractivity contribution in [2.75, 3.05) is 5.32 Å². The van der Waals surface area contributed by atoms with Crippen LogP contribution in [0.1, 0.15) is 0 Å². The average molecular weight is 367 g/mol. The molecule has 4 rings (SSSR count). The van der Waals surface area contributed by atoms with Crippen LogP contribution in [0.4, 0.5) is 11.5 Å². The fourth-order valence-electron chi connectivity index (χ4n) is 2.59. The molecule has 0 unspecified atom stereocenters. The summed E-state index contributed by atoms with van der Waals surface area (Å²) in [5, 5.41) is 5.35. The van der Waals surface area contributed by atoms with Crippen molar-refractivity contribution >= 4 is 45.6 Å². The summed E-state index contributed by atoms with van der Waals surface area (Å²) in [6.45, 7) is 0. The third-order valence-corrected chi connectivity index (χ3v) is 4.24. The van der Waals surface area contributed by atoms with Crippen molar-refractivity contribution in [1.82, 2.24) is 15.0 Å². The van der Waals surface area contributed by atoms with Gasteiger partial charge in [-0.05, 0) is 48.0 Å². The van der Waals surface area contributed by atoms with Gasteiger partial charge in [-0.1, -0.05) is 35.3 Å². The number of pyridine rings is 1. The van der Waals surface area contributed by atoms with Crippen molar-refractivity contribution in [2.24, 2.45) is 0 Å². The van der Waals surface area contributed by atoms with Crippen molar-refractivity contribution in [3.8, 4) is 11.1 Å². The van der Waals surface area contributed by atoms with E-state index in [4.69, 9.17) is 23.2 Å². The van der Waals surface area contributed by atoms with E-state index in [9.17, 15) is 0 Å². The van der Waals surface area contributed by atoms with E-state index in [1.54, 1.807) is 18.6 Å². The summed E-state index contributed by atoms with van der Waals surface area (Å²) in [6, 6.07) is 17.2. The third-order valence-electron chi connectivity index (χ3n) is 3.78. The van der Waals surface area contributed by atoms with Crippen LogP contribution in [0.2, 0.25) is 10.2 Å². The molecule has 0 amide bonds. The van der Waals surface area contributed by atoms with Crippen LogP contribution in [0.3, 0.4) is 0 Å². The van der Waals surface area contributed by atoms with Gasteiger partial charge in [0.05, 0.1) is 5.52 Å². The SMILES string of the molecule is Clc1cccc(Nc2ncnc3ccc(-c4ccc(Cl)nc4)cc23)c1. The van der Waals surface area contributed by atoms with Gasteiger partial charge in [-0.25, -0.2) is 15.0 Å². The number of nitrogens with one attached hydrogen (secondary N) is 1. The zero-order chi connectivity index (χ0) is 17.2. The minimum Gasteiger partial charge on any atom is -0.340 e. The predicted octanol–water partition coefficient (Wildman–Crippen LogP) is 5.74. The Morgan fingerprint density at radius 3 is 2.48 bits per heavy atom. The Hall–Kier alpha value is -2.69. The Bertz CT molecular complexity index is 1050. The lowest BCUT2D eigenvalue weighted by Gasteiger charge is -2.10. The van der Waals surface area contributed by atoms with Gasteiger partial charge in [0.1, 0.15) is 17.3 Å². The summed E-state index contributed by atoms with van der Waals surface area (Å²) in [6.07, 6.45) is 3.29. The molecule has 4 aromatic rings. The fourth-order valence-corrected chi connectivity index (χ4v) is 2.89. The van der Waals surface area contributed by atoms with E-state index in [-0.39, 0.29) is 0 Å². The maximum atomic E-state index is 6.06. The third kappa shape index (κ3) is 3.40. The normalized spacial score (nSPS) is 10.8. The number of nitrogens with zero attached hydrogens (tertiary/aromatic N) is 3. The number of fused-ring (bicyclic) bond motifs is 1. The highest BCUT2D eigenvalue weighted by atomic mass is 35.5. The molecule has 0 saturated carbocycles. The van der Waals surface area contributed by atoms with Gasteiger partial charge in [0.15, 0.2) is 0 Å². The molecular weight excluding hydrogens is 355 g/mol. The summed E-state index contributed by atoms with van der Waals surface area (Å²) < 4.78 is 0. The number of hydrogen-bond donors (Lipinski definition) is 1. The standard InChI is InChI=1S/C19H12Cl2N4/c20-14-2-1-3-15(9-14)25-19-16-8-12(4-6-17(16)23-11-24-19)13-5-7-18(21)22-10-13/h1-11H,(H,23,24,25). The molecular formula is C19H12Cl2N4. The van der Waals surface area contributed by atoms with Gasteiger partial charge in [-0.2, -0.15) is 0 Å². The summed E-state index contributed by atoms with van der Waals surface area (Å²) in [5.74, 6) is 0.719. The molecule has 0 bridgehead atoms. The van der Waals surface area contributed by atoms with E-state index in [2.05, 4.69) is 20.3 Å². The van der Waals surface area contributed by atoms with E-state index in [0.717, 1.165) is 33.5 Å². The zero-order valence-corrected chi connectivity index (χ0v) is 14.5. The number of halogens is 2. The molecule has 0 radical (unpaired) electrons. The second kappa shape index (κ2) is 6.67. The lowest BCUT2D eigenvalue weighted by atomic mass is 10.1. The highest BCUT2D eigenvalue weighted by molar-refractivity contribution is 6.30. The molecule has 0 spiro atoms. The van der Waals surface area contributed by atoms with Gasteiger partial charge < -0.3 is 5.32 Å². The molecule has 0 fully saturated rings. The monoisotopic (exact) mass is 366 g/mol. The zero-order valence-electron chi connectivity index (χ0n) is 12.9. The molecule has 2 heterocycles. The van der Waals surface area contributed by atoms with Crippen molar-refractivity contribution in [3.05, 3.63) is 77.3 Å². The number of aromatic nitrogens is 3. The number of hydrogen-bond acceptors (Lipinski definition) is 4. The first kappa shape index (κ1) is 15.8. The number of benzene rings is 2. The molecule has 1 N–H and O–H groups in total. The molecule has 4 nitrogen and oxygen atoms in total. The minimum atomic E-state index is 0.469. The first-order chi connectivity index (χ1) is 12.2. The molecule has 6 heteroatoms. The quantitative estimate of drug-likeness (QED) is 0.469. The molecule has 122 valence electrons. The Morgan fingerprint density at radius 2 is 1.68 bits per heavy atom. The van der Waals surface area contributed by atoms with Crippen LogP contribution in [0.25, 0.3) is 22.0 Å². The van der Waals surface area contributed by atoms with E-state index in [0.29, 0.717) is 10.2 Å². The number of rotatable bonds is 3. The Balaban J connectivity index is 1.79. The van der Waals surface area contributed by atoms with Crippen LogP contribution in [0.5, 0.6) is 0 Å². The van der Waals surface area contributed by atoms with Gasteiger partial charge in [0.25, 0.3) is 0 Å². The molecule has 2 aromatic carbocycles. The maximum Gasteiger partial charge on any atom is 0.141 e. The molecule has 2 aromatic heterocycles. The summed E-state index contributed by atoms with van der Waals surface area (Å²) >= 11 is 11.9. The second-order valence-electron chi connectivity index (χ2n) is 5.46. The minimum absolute atomic E-state index is 0.469. The molecule has 0 aliphatic heterocycles. The van der Waals surface area contributed by atoms with E-state index in [1.165, 1.54) is 0 Å². The Labute approximate surface area is 154 Å². The van der Waals surface area contributed by atoms with Crippen LogP contribution >= 0.6 is 23.2 Å². The summed E-state index contributed by atoms with van der Waals surface area (Å²) in [5.41, 5.74) is 3.71. The van der Waals surface area contributed by atoms with E-state index < -0.39 is 0 Å². The molecule has 0 saturated heterocycles. The first-order valence-corrected chi connectivity index (χ1v) is 8.34. The van der Waals surface area contributed by atoms with E-state index in [1.807, 2.05) is 48.5 Å². The van der Waals surface area contributed by atoms with Crippen molar-refractivity contribution < 1.29 is 0 Å². The highest BCUT2D eigenvalue weighted by Gasteiger charge is 2.07. The lowest BCUT2D eigenvalue weighted by molar-refractivity contribution is 1.22.